The standard InChI is InChI=1S/C8H8FN3S/c1-5-7(2-10)8(13-11-5)12-3-6(9)4-12/h6H,3-4H2,1H3. The summed E-state index contributed by atoms with van der Waals surface area (Å²) in [5.41, 5.74) is 1.33. The van der Waals surface area contributed by atoms with Gasteiger partial charge in [0, 0.05) is 0 Å². The van der Waals surface area contributed by atoms with Crippen molar-refractivity contribution in [3.63, 3.8) is 0 Å². The Labute approximate surface area is 79.6 Å². The summed E-state index contributed by atoms with van der Waals surface area (Å²) < 4.78 is 16.6. The van der Waals surface area contributed by atoms with Gasteiger partial charge in [0.05, 0.1) is 18.8 Å². The average Bonchev–Trinajstić information content (AvgIpc) is 2.41. The van der Waals surface area contributed by atoms with E-state index in [1.165, 1.54) is 11.5 Å². The van der Waals surface area contributed by atoms with Gasteiger partial charge in [-0.05, 0) is 18.5 Å². The van der Waals surface area contributed by atoms with Gasteiger partial charge in [-0.1, -0.05) is 0 Å². The van der Waals surface area contributed by atoms with Gasteiger partial charge < -0.3 is 4.90 Å². The van der Waals surface area contributed by atoms with Crippen LogP contribution in [-0.2, 0) is 0 Å². The fraction of sp³-hybridized carbons (Fsp3) is 0.500. The number of alkyl halides is 1. The molecule has 0 aromatic carbocycles. The van der Waals surface area contributed by atoms with E-state index in [4.69, 9.17) is 5.26 Å². The van der Waals surface area contributed by atoms with Crippen molar-refractivity contribution in [1.29, 1.82) is 5.26 Å². The average molecular weight is 197 g/mol. The molecule has 0 saturated carbocycles. The van der Waals surface area contributed by atoms with Gasteiger partial charge in [0.25, 0.3) is 0 Å². The Kier molecular flexibility index (Phi) is 1.93. The lowest BCUT2D eigenvalue weighted by Gasteiger charge is -2.34. The fourth-order valence-corrected chi connectivity index (χ4v) is 2.16. The molecule has 1 aromatic heterocycles. The lowest BCUT2D eigenvalue weighted by atomic mass is 10.1. The van der Waals surface area contributed by atoms with Crippen molar-refractivity contribution in [2.45, 2.75) is 13.1 Å². The van der Waals surface area contributed by atoms with Crippen LogP contribution in [-0.4, -0.2) is 23.6 Å². The number of hydrogen-bond donors (Lipinski definition) is 0. The van der Waals surface area contributed by atoms with Crippen LogP contribution in [0.2, 0.25) is 0 Å². The second kappa shape index (κ2) is 2.96. The first kappa shape index (κ1) is 8.45. The van der Waals surface area contributed by atoms with E-state index in [1.807, 2.05) is 4.90 Å². The predicted octanol–water partition coefficient (Wildman–Crippen LogP) is 1.48. The van der Waals surface area contributed by atoms with E-state index < -0.39 is 6.17 Å². The Bertz CT molecular complexity index is 362. The van der Waals surface area contributed by atoms with Crippen LogP contribution >= 0.6 is 11.5 Å². The first-order chi connectivity index (χ1) is 6.22. The van der Waals surface area contributed by atoms with E-state index >= 15 is 0 Å². The molecule has 2 rings (SSSR count). The number of nitriles is 1. The highest BCUT2D eigenvalue weighted by molar-refractivity contribution is 7.10. The fourth-order valence-electron chi connectivity index (χ4n) is 1.29. The maximum atomic E-state index is 12.6. The smallest absolute Gasteiger partial charge is 0.135 e. The molecule has 0 aliphatic carbocycles. The molecule has 5 heteroatoms. The SMILES string of the molecule is Cc1nsc(N2CC(F)C2)c1C#N. The van der Waals surface area contributed by atoms with Gasteiger partial charge in [-0.15, -0.1) is 0 Å². The van der Waals surface area contributed by atoms with Gasteiger partial charge in [0.1, 0.15) is 22.8 Å². The summed E-state index contributed by atoms with van der Waals surface area (Å²) in [5, 5.41) is 9.63. The van der Waals surface area contributed by atoms with Crippen molar-refractivity contribution in [3.8, 4) is 6.07 Å². The minimum Gasteiger partial charge on any atom is -0.355 e. The number of nitrogens with zero attached hydrogens (tertiary/aromatic N) is 3. The van der Waals surface area contributed by atoms with Gasteiger partial charge in [-0.2, -0.15) is 9.64 Å². The highest BCUT2D eigenvalue weighted by atomic mass is 32.1. The van der Waals surface area contributed by atoms with Gasteiger partial charge in [0.15, 0.2) is 0 Å². The third kappa shape index (κ3) is 1.27. The molecule has 0 unspecified atom stereocenters. The number of rotatable bonds is 1. The second-order valence-corrected chi connectivity index (χ2v) is 3.81. The van der Waals surface area contributed by atoms with E-state index in [0.717, 1.165) is 10.7 Å². The summed E-state index contributed by atoms with van der Waals surface area (Å²) in [4.78, 5) is 1.86. The first-order valence-corrected chi connectivity index (χ1v) is 4.75. The van der Waals surface area contributed by atoms with Crippen LogP contribution in [0.3, 0.4) is 0 Å². The van der Waals surface area contributed by atoms with E-state index in [2.05, 4.69) is 10.4 Å². The largest absolute Gasteiger partial charge is 0.355 e. The lowest BCUT2D eigenvalue weighted by molar-refractivity contribution is 0.276. The van der Waals surface area contributed by atoms with Crippen LogP contribution in [0.25, 0.3) is 0 Å². The molecule has 0 amide bonds. The van der Waals surface area contributed by atoms with Crippen molar-refractivity contribution in [1.82, 2.24) is 4.37 Å². The van der Waals surface area contributed by atoms with Crippen molar-refractivity contribution in [2.24, 2.45) is 0 Å². The van der Waals surface area contributed by atoms with Crippen LogP contribution in [0.5, 0.6) is 0 Å². The number of anilines is 1. The molecule has 0 bridgehead atoms. The predicted molar refractivity (Wildman–Crippen MR) is 48.7 cm³/mol. The third-order valence-corrected chi connectivity index (χ3v) is 3.08. The minimum absolute atomic E-state index is 0.399. The number of hydrogen-bond acceptors (Lipinski definition) is 4. The van der Waals surface area contributed by atoms with Crippen LogP contribution in [0.4, 0.5) is 9.39 Å². The van der Waals surface area contributed by atoms with Gasteiger partial charge in [0.2, 0.25) is 0 Å². The van der Waals surface area contributed by atoms with Crippen molar-refractivity contribution < 1.29 is 4.39 Å². The van der Waals surface area contributed by atoms with Crippen LogP contribution in [0.15, 0.2) is 0 Å². The van der Waals surface area contributed by atoms with E-state index in [-0.39, 0.29) is 0 Å². The number of halogens is 1. The van der Waals surface area contributed by atoms with Gasteiger partial charge in [-0.25, -0.2) is 4.39 Å². The summed E-state index contributed by atoms with van der Waals surface area (Å²) in [6, 6.07) is 2.09. The zero-order valence-electron chi connectivity index (χ0n) is 7.12. The molecule has 3 nitrogen and oxygen atoms in total. The second-order valence-electron chi connectivity index (χ2n) is 3.06. The Morgan fingerprint density at radius 1 is 1.69 bits per heavy atom. The first-order valence-electron chi connectivity index (χ1n) is 3.97. The Balaban J connectivity index is 2.26. The zero-order valence-corrected chi connectivity index (χ0v) is 7.94. The minimum atomic E-state index is -0.742. The molecule has 0 atom stereocenters. The van der Waals surface area contributed by atoms with Crippen molar-refractivity contribution in [3.05, 3.63) is 11.3 Å². The molecule has 1 saturated heterocycles. The molecule has 2 heterocycles. The van der Waals surface area contributed by atoms with Crippen LogP contribution in [0, 0.1) is 18.3 Å². The summed E-state index contributed by atoms with van der Waals surface area (Å²) in [6.45, 7) is 2.60. The quantitative estimate of drug-likeness (QED) is 0.684. The summed E-state index contributed by atoms with van der Waals surface area (Å²) in [7, 11) is 0. The highest BCUT2D eigenvalue weighted by Gasteiger charge is 2.30. The third-order valence-electron chi connectivity index (χ3n) is 2.08. The van der Waals surface area contributed by atoms with Gasteiger partial charge >= 0.3 is 0 Å². The highest BCUT2D eigenvalue weighted by Crippen LogP contribution is 2.31. The number of aryl methyl sites for hydroxylation is 1. The normalized spacial score (nSPS) is 16.8. The van der Waals surface area contributed by atoms with Crippen molar-refractivity contribution in [2.75, 3.05) is 18.0 Å². The molecule has 0 spiro atoms. The monoisotopic (exact) mass is 197 g/mol. The molecule has 0 N–H and O–H groups in total. The zero-order chi connectivity index (χ0) is 9.42. The summed E-state index contributed by atoms with van der Waals surface area (Å²) in [5.74, 6) is 0. The topological polar surface area (TPSA) is 39.9 Å². The number of aromatic nitrogens is 1. The van der Waals surface area contributed by atoms with Crippen LogP contribution in [0.1, 0.15) is 11.3 Å². The summed E-state index contributed by atoms with van der Waals surface area (Å²) in [6.07, 6.45) is -0.742. The maximum Gasteiger partial charge on any atom is 0.135 e. The molecule has 1 aromatic rings. The van der Waals surface area contributed by atoms with Crippen LogP contribution < -0.4 is 4.90 Å². The van der Waals surface area contributed by atoms with Gasteiger partial charge in [-0.3, -0.25) is 0 Å². The van der Waals surface area contributed by atoms with E-state index in [9.17, 15) is 4.39 Å². The molecular formula is C8H8FN3S. The molecule has 0 radical (unpaired) electrons. The molecular weight excluding hydrogens is 189 g/mol. The molecule has 68 valence electrons. The molecule has 1 aliphatic heterocycles. The molecule has 1 fully saturated rings. The summed E-state index contributed by atoms with van der Waals surface area (Å²) >= 11 is 1.27. The molecule has 1 aliphatic rings. The Hall–Kier alpha value is -1.15. The van der Waals surface area contributed by atoms with E-state index in [0.29, 0.717) is 18.7 Å². The van der Waals surface area contributed by atoms with E-state index in [1.54, 1.807) is 6.92 Å². The Morgan fingerprint density at radius 3 is 2.92 bits per heavy atom. The lowest BCUT2D eigenvalue weighted by Crippen LogP contribution is -2.48. The van der Waals surface area contributed by atoms with Crippen molar-refractivity contribution >= 4 is 16.5 Å². The Morgan fingerprint density at radius 2 is 2.38 bits per heavy atom. The molecule has 13 heavy (non-hydrogen) atoms. The maximum absolute atomic E-state index is 12.6.